The number of ether oxygens (including phenoxy) is 2. The van der Waals surface area contributed by atoms with Gasteiger partial charge in [0.05, 0.1) is 22.9 Å². The molecule has 21 heavy (non-hydrogen) atoms. The van der Waals surface area contributed by atoms with Gasteiger partial charge in [0, 0.05) is 20.3 Å². The molecule has 0 fully saturated rings. The summed E-state index contributed by atoms with van der Waals surface area (Å²) in [5.74, 6) is -0.0254. The summed E-state index contributed by atoms with van der Waals surface area (Å²) >= 11 is 0. The molecule has 0 unspecified atom stereocenters. The second kappa shape index (κ2) is 7.89. The highest BCUT2D eigenvalue weighted by molar-refractivity contribution is 7.91. The number of nitrogens with two attached hydrogens (primary N) is 1. The molecule has 2 N–H and O–H groups in total. The normalized spacial score (nSPS) is 12.6. The first-order chi connectivity index (χ1) is 9.80. The molecule has 0 heterocycles. The summed E-state index contributed by atoms with van der Waals surface area (Å²) in [7, 11) is -1.66. The first-order valence-corrected chi connectivity index (χ1v) is 8.60. The van der Waals surface area contributed by atoms with Crippen LogP contribution in [0.15, 0.2) is 29.2 Å². The molecule has 5 nitrogen and oxygen atoms in total. The zero-order chi connectivity index (χ0) is 15.9. The van der Waals surface area contributed by atoms with Crippen molar-refractivity contribution >= 4 is 9.84 Å². The highest BCUT2D eigenvalue weighted by Crippen LogP contribution is 2.14. The average molecular weight is 315 g/mol. The average Bonchev–Trinajstić information content (AvgIpc) is 2.46. The van der Waals surface area contributed by atoms with E-state index in [0.29, 0.717) is 18.0 Å². The van der Waals surface area contributed by atoms with E-state index in [1.807, 2.05) is 13.8 Å². The van der Waals surface area contributed by atoms with Crippen LogP contribution in [-0.2, 0) is 25.9 Å². The van der Waals surface area contributed by atoms with Crippen LogP contribution in [0.2, 0.25) is 0 Å². The zero-order valence-corrected chi connectivity index (χ0v) is 13.8. The molecule has 1 rings (SSSR count). The minimum atomic E-state index is -3.30. The lowest BCUT2D eigenvalue weighted by Crippen LogP contribution is -2.25. The van der Waals surface area contributed by atoms with E-state index in [1.54, 1.807) is 31.4 Å². The van der Waals surface area contributed by atoms with Crippen LogP contribution in [0.25, 0.3) is 0 Å². The topological polar surface area (TPSA) is 78.6 Å². The summed E-state index contributed by atoms with van der Waals surface area (Å²) in [5, 5.41) is 0. The van der Waals surface area contributed by atoms with Crippen molar-refractivity contribution < 1.29 is 17.9 Å². The third-order valence-electron chi connectivity index (χ3n) is 3.42. The van der Waals surface area contributed by atoms with E-state index < -0.39 is 9.84 Å². The Morgan fingerprint density at radius 3 is 2.29 bits per heavy atom. The standard InChI is InChI=1S/C15H25NO4S/c1-15(2,19-3)8-9-20-10-11-21(17,18)14-6-4-13(12-16)5-7-14/h4-7H,8-12,16H2,1-3H3. The molecule has 0 aliphatic carbocycles. The van der Waals surface area contributed by atoms with Crippen molar-refractivity contribution in [3.05, 3.63) is 29.8 Å². The monoisotopic (exact) mass is 315 g/mol. The second-order valence-electron chi connectivity index (χ2n) is 5.49. The fourth-order valence-electron chi connectivity index (χ4n) is 1.64. The number of sulfone groups is 1. The Balaban J connectivity index is 2.43. The molecule has 6 heteroatoms. The molecular weight excluding hydrogens is 290 g/mol. The van der Waals surface area contributed by atoms with Gasteiger partial charge in [-0.05, 0) is 38.0 Å². The maximum absolute atomic E-state index is 12.1. The van der Waals surface area contributed by atoms with E-state index in [9.17, 15) is 8.42 Å². The van der Waals surface area contributed by atoms with E-state index in [0.717, 1.165) is 12.0 Å². The van der Waals surface area contributed by atoms with Crippen LogP contribution < -0.4 is 5.73 Å². The minimum absolute atomic E-state index is 0.0254. The van der Waals surface area contributed by atoms with Crippen LogP contribution in [0.1, 0.15) is 25.8 Å². The number of benzene rings is 1. The maximum Gasteiger partial charge on any atom is 0.180 e. The summed E-state index contributed by atoms with van der Waals surface area (Å²) in [5.41, 5.74) is 6.15. The predicted molar refractivity (Wildman–Crippen MR) is 82.9 cm³/mol. The Labute approximate surface area is 127 Å². The van der Waals surface area contributed by atoms with Gasteiger partial charge in [-0.2, -0.15) is 0 Å². The van der Waals surface area contributed by atoms with Gasteiger partial charge in [0.1, 0.15) is 0 Å². The highest BCUT2D eigenvalue weighted by atomic mass is 32.2. The molecule has 0 saturated carbocycles. The van der Waals surface area contributed by atoms with E-state index in [2.05, 4.69) is 0 Å². The molecular formula is C15H25NO4S. The highest BCUT2D eigenvalue weighted by Gasteiger charge is 2.17. The number of rotatable bonds is 9. The van der Waals surface area contributed by atoms with E-state index in [1.165, 1.54) is 0 Å². The van der Waals surface area contributed by atoms with Gasteiger partial charge in [-0.3, -0.25) is 0 Å². The van der Waals surface area contributed by atoms with Crippen LogP contribution in [0.3, 0.4) is 0 Å². The molecule has 0 aliphatic rings. The Bertz CT molecular complexity index is 523. The zero-order valence-electron chi connectivity index (χ0n) is 13.0. The lowest BCUT2D eigenvalue weighted by Gasteiger charge is -2.22. The Morgan fingerprint density at radius 2 is 1.76 bits per heavy atom. The lowest BCUT2D eigenvalue weighted by atomic mass is 10.1. The van der Waals surface area contributed by atoms with Crippen molar-refractivity contribution in [2.75, 3.05) is 26.1 Å². The maximum atomic E-state index is 12.1. The Morgan fingerprint density at radius 1 is 1.14 bits per heavy atom. The summed E-state index contributed by atoms with van der Waals surface area (Å²) in [6, 6.07) is 6.64. The first-order valence-electron chi connectivity index (χ1n) is 6.95. The molecule has 0 spiro atoms. The summed E-state index contributed by atoms with van der Waals surface area (Å²) in [4.78, 5) is 0.306. The van der Waals surface area contributed by atoms with Gasteiger partial charge < -0.3 is 15.2 Å². The quantitative estimate of drug-likeness (QED) is 0.702. The molecule has 0 radical (unpaired) electrons. The fraction of sp³-hybridized carbons (Fsp3) is 0.600. The molecule has 1 aromatic carbocycles. The minimum Gasteiger partial charge on any atom is -0.380 e. The van der Waals surface area contributed by atoms with Gasteiger partial charge in [-0.15, -0.1) is 0 Å². The van der Waals surface area contributed by atoms with Gasteiger partial charge in [-0.25, -0.2) is 8.42 Å². The molecule has 1 aromatic rings. The van der Waals surface area contributed by atoms with Crippen molar-refractivity contribution in [3.63, 3.8) is 0 Å². The van der Waals surface area contributed by atoms with Crippen LogP contribution in [0.4, 0.5) is 0 Å². The molecule has 0 atom stereocenters. The molecule has 0 saturated heterocycles. The number of methoxy groups -OCH3 is 1. The predicted octanol–water partition coefficient (Wildman–Crippen LogP) is 1.75. The summed E-state index contributed by atoms with van der Waals surface area (Å²) in [6.07, 6.45) is 0.717. The third-order valence-corrected chi connectivity index (χ3v) is 5.11. The summed E-state index contributed by atoms with van der Waals surface area (Å²) in [6.45, 7) is 4.99. The van der Waals surface area contributed by atoms with Crippen LogP contribution in [-0.4, -0.2) is 40.1 Å². The Hall–Kier alpha value is -0.950. The van der Waals surface area contributed by atoms with Gasteiger partial charge in [-0.1, -0.05) is 12.1 Å². The van der Waals surface area contributed by atoms with Gasteiger partial charge in [0.15, 0.2) is 9.84 Å². The largest absolute Gasteiger partial charge is 0.380 e. The smallest absolute Gasteiger partial charge is 0.180 e. The fourth-order valence-corrected chi connectivity index (χ4v) is 2.77. The van der Waals surface area contributed by atoms with E-state index in [-0.39, 0.29) is 18.0 Å². The first kappa shape index (κ1) is 18.1. The second-order valence-corrected chi connectivity index (χ2v) is 7.60. The van der Waals surface area contributed by atoms with Gasteiger partial charge >= 0.3 is 0 Å². The van der Waals surface area contributed by atoms with Crippen LogP contribution >= 0.6 is 0 Å². The SMILES string of the molecule is COC(C)(C)CCOCCS(=O)(=O)c1ccc(CN)cc1. The molecule has 0 amide bonds. The molecule has 0 bridgehead atoms. The van der Waals surface area contributed by atoms with Crippen molar-refractivity contribution in [1.29, 1.82) is 0 Å². The van der Waals surface area contributed by atoms with Gasteiger partial charge in [0.2, 0.25) is 0 Å². The van der Waals surface area contributed by atoms with Crippen LogP contribution in [0, 0.1) is 0 Å². The van der Waals surface area contributed by atoms with Crippen molar-refractivity contribution in [2.45, 2.75) is 37.3 Å². The molecule has 0 aromatic heterocycles. The molecule has 120 valence electrons. The molecule has 0 aliphatic heterocycles. The summed E-state index contributed by atoms with van der Waals surface area (Å²) < 4.78 is 34.9. The van der Waals surface area contributed by atoms with Crippen molar-refractivity contribution in [1.82, 2.24) is 0 Å². The number of hydrogen-bond acceptors (Lipinski definition) is 5. The third kappa shape index (κ3) is 6.13. The van der Waals surface area contributed by atoms with Gasteiger partial charge in [0.25, 0.3) is 0 Å². The van der Waals surface area contributed by atoms with Crippen molar-refractivity contribution in [2.24, 2.45) is 5.73 Å². The lowest BCUT2D eigenvalue weighted by molar-refractivity contribution is -0.00798. The van der Waals surface area contributed by atoms with E-state index >= 15 is 0 Å². The number of hydrogen-bond donors (Lipinski definition) is 1. The van der Waals surface area contributed by atoms with Crippen molar-refractivity contribution in [3.8, 4) is 0 Å². The van der Waals surface area contributed by atoms with Crippen LogP contribution in [0.5, 0.6) is 0 Å². The Kier molecular flexibility index (Phi) is 6.80. The van der Waals surface area contributed by atoms with E-state index in [4.69, 9.17) is 15.2 Å².